The van der Waals surface area contributed by atoms with E-state index in [2.05, 4.69) is 4.98 Å². The summed E-state index contributed by atoms with van der Waals surface area (Å²) in [5, 5.41) is 27.7. The number of aliphatic carboxylic acids is 1. The largest absolute Gasteiger partial charge is 0.501 e. The van der Waals surface area contributed by atoms with E-state index in [0.29, 0.717) is 0 Å². The van der Waals surface area contributed by atoms with Crippen LogP contribution < -0.4 is 0 Å². The van der Waals surface area contributed by atoms with Crippen LogP contribution in [0.2, 0.25) is 0 Å². The predicted molar refractivity (Wildman–Crippen MR) is 49.2 cm³/mol. The molecule has 78 valence electrons. The van der Waals surface area contributed by atoms with Crippen molar-refractivity contribution in [2.45, 2.75) is 0 Å². The molecular formula is C8H6N2O5. The fraction of sp³-hybridized carbons (Fsp3) is 0. The number of aromatic hydroxyl groups is 1. The van der Waals surface area contributed by atoms with Gasteiger partial charge in [0.05, 0.1) is 0 Å². The second-order valence-corrected chi connectivity index (χ2v) is 2.51. The Labute approximate surface area is 83.5 Å². The fourth-order valence-electron chi connectivity index (χ4n) is 0.840. The van der Waals surface area contributed by atoms with Gasteiger partial charge in [0.2, 0.25) is 5.75 Å². The van der Waals surface area contributed by atoms with Gasteiger partial charge in [0.15, 0.2) is 5.69 Å². The Hall–Kier alpha value is -2.44. The molecule has 0 saturated heterocycles. The van der Waals surface area contributed by atoms with Crippen LogP contribution in [0, 0.1) is 10.1 Å². The monoisotopic (exact) mass is 210 g/mol. The second-order valence-electron chi connectivity index (χ2n) is 2.51. The van der Waals surface area contributed by atoms with Gasteiger partial charge < -0.3 is 20.3 Å². The minimum atomic E-state index is -1.19. The molecule has 1 aromatic heterocycles. The van der Waals surface area contributed by atoms with Gasteiger partial charge in [0.25, 0.3) is 0 Å². The average molecular weight is 210 g/mol. The van der Waals surface area contributed by atoms with E-state index >= 15 is 0 Å². The van der Waals surface area contributed by atoms with Crippen LogP contribution in [0.4, 0.5) is 5.82 Å². The van der Waals surface area contributed by atoms with Crippen LogP contribution in [0.25, 0.3) is 6.08 Å². The zero-order valence-corrected chi connectivity index (χ0v) is 7.32. The summed E-state index contributed by atoms with van der Waals surface area (Å²) in [7, 11) is 0. The van der Waals surface area contributed by atoms with Crippen molar-refractivity contribution in [2.75, 3.05) is 0 Å². The van der Waals surface area contributed by atoms with E-state index in [9.17, 15) is 14.9 Å². The maximum Gasteiger partial charge on any atom is 0.406 e. The Kier molecular flexibility index (Phi) is 2.97. The van der Waals surface area contributed by atoms with Crippen LogP contribution in [0.1, 0.15) is 5.69 Å². The summed E-state index contributed by atoms with van der Waals surface area (Å²) in [6.07, 6.45) is 1.89. The van der Waals surface area contributed by atoms with Crippen molar-refractivity contribution in [3.63, 3.8) is 0 Å². The van der Waals surface area contributed by atoms with E-state index < -0.39 is 22.5 Å². The van der Waals surface area contributed by atoms with Crippen molar-refractivity contribution in [1.82, 2.24) is 4.98 Å². The Morgan fingerprint density at radius 2 is 2.20 bits per heavy atom. The summed E-state index contributed by atoms with van der Waals surface area (Å²) in [6.45, 7) is 0. The summed E-state index contributed by atoms with van der Waals surface area (Å²) >= 11 is 0. The highest BCUT2D eigenvalue weighted by atomic mass is 16.6. The molecule has 2 N–H and O–H groups in total. The number of pyridine rings is 1. The number of carboxylic acids is 1. The third-order valence-corrected chi connectivity index (χ3v) is 1.45. The zero-order chi connectivity index (χ0) is 11.4. The lowest BCUT2D eigenvalue weighted by molar-refractivity contribution is -0.390. The molecule has 1 aromatic rings. The fourth-order valence-corrected chi connectivity index (χ4v) is 0.840. The van der Waals surface area contributed by atoms with Gasteiger partial charge >= 0.3 is 11.8 Å². The highest BCUT2D eigenvalue weighted by molar-refractivity contribution is 5.84. The molecule has 0 saturated carbocycles. The molecule has 1 rings (SSSR count). The molecule has 0 unspecified atom stereocenters. The molecular weight excluding hydrogens is 204 g/mol. The summed E-state index contributed by atoms with van der Waals surface area (Å²) in [5.74, 6) is -2.46. The first-order chi connectivity index (χ1) is 7.00. The molecule has 15 heavy (non-hydrogen) atoms. The number of aromatic nitrogens is 1. The van der Waals surface area contributed by atoms with E-state index in [0.717, 1.165) is 18.2 Å². The predicted octanol–water partition coefficient (Wildman–Crippen LogP) is 0.793. The Morgan fingerprint density at radius 3 is 2.73 bits per heavy atom. The normalized spacial score (nSPS) is 10.4. The lowest BCUT2D eigenvalue weighted by atomic mass is 10.3. The average Bonchev–Trinajstić information content (AvgIpc) is 2.16. The second kappa shape index (κ2) is 4.18. The smallest absolute Gasteiger partial charge is 0.406 e. The molecule has 0 fully saturated rings. The molecule has 0 atom stereocenters. The first-order valence-corrected chi connectivity index (χ1v) is 3.76. The molecule has 0 aliphatic carbocycles. The number of nitro groups is 1. The van der Waals surface area contributed by atoms with Crippen molar-refractivity contribution in [1.29, 1.82) is 0 Å². The van der Waals surface area contributed by atoms with Gasteiger partial charge in [-0.25, -0.2) is 4.79 Å². The minimum Gasteiger partial charge on any atom is -0.501 e. The van der Waals surface area contributed by atoms with Gasteiger partial charge in [-0.15, -0.1) is 0 Å². The summed E-state index contributed by atoms with van der Waals surface area (Å²) in [4.78, 5) is 23.1. The molecule has 0 amide bonds. The maximum absolute atomic E-state index is 10.4. The van der Waals surface area contributed by atoms with Gasteiger partial charge in [0.1, 0.15) is 0 Å². The van der Waals surface area contributed by atoms with Crippen LogP contribution in [-0.2, 0) is 4.79 Å². The van der Waals surface area contributed by atoms with Gasteiger partial charge in [-0.2, -0.15) is 0 Å². The zero-order valence-electron chi connectivity index (χ0n) is 7.32. The number of nitrogens with zero attached hydrogens (tertiary/aromatic N) is 2. The van der Waals surface area contributed by atoms with Crippen LogP contribution in [0.15, 0.2) is 18.2 Å². The Bertz CT molecular complexity index is 441. The minimum absolute atomic E-state index is 0.0851. The van der Waals surface area contributed by atoms with E-state index in [4.69, 9.17) is 10.2 Å². The summed E-state index contributed by atoms with van der Waals surface area (Å²) < 4.78 is 0. The van der Waals surface area contributed by atoms with Gasteiger partial charge in [-0.05, 0) is 28.1 Å². The molecule has 0 radical (unpaired) electrons. The van der Waals surface area contributed by atoms with Gasteiger partial charge in [0, 0.05) is 6.08 Å². The van der Waals surface area contributed by atoms with Crippen molar-refractivity contribution in [2.24, 2.45) is 0 Å². The van der Waals surface area contributed by atoms with Crippen molar-refractivity contribution in [3.05, 3.63) is 34.0 Å². The molecule has 0 aromatic carbocycles. The van der Waals surface area contributed by atoms with Crippen LogP contribution in [0.3, 0.4) is 0 Å². The first-order valence-electron chi connectivity index (χ1n) is 3.76. The van der Waals surface area contributed by atoms with E-state index in [1.54, 1.807) is 0 Å². The topological polar surface area (TPSA) is 114 Å². The summed E-state index contributed by atoms with van der Waals surface area (Å²) in [5.41, 5.74) is 0.0851. The summed E-state index contributed by atoms with van der Waals surface area (Å²) in [6, 6.07) is 2.34. The lowest BCUT2D eigenvalue weighted by Crippen LogP contribution is -1.94. The quantitative estimate of drug-likeness (QED) is 0.433. The molecule has 0 aliphatic heterocycles. The number of hydrogen-bond donors (Lipinski definition) is 2. The maximum atomic E-state index is 10.4. The number of carbonyl (C=O) groups is 1. The molecule has 7 nitrogen and oxygen atoms in total. The van der Waals surface area contributed by atoms with Gasteiger partial charge in [-0.3, -0.25) is 0 Å². The third kappa shape index (κ3) is 2.76. The van der Waals surface area contributed by atoms with Crippen LogP contribution in [0.5, 0.6) is 5.75 Å². The van der Waals surface area contributed by atoms with Crippen molar-refractivity contribution < 1.29 is 19.9 Å². The van der Waals surface area contributed by atoms with Crippen molar-refractivity contribution in [3.8, 4) is 5.75 Å². The Balaban J connectivity index is 3.08. The highest BCUT2D eigenvalue weighted by Crippen LogP contribution is 2.22. The van der Waals surface area contributed by atoms with E-state index in [-0.39, 0.29) is 5.69 Å². The number of carboxylic acid groups (broad SMARTS) is 1. The van der Waals surface area contributed by atoms with E-state index in [1.807, 2.05) is 0 Å². The first kappa shape index (κ1) is 10.6. The Morgan fingerprint density at radius 1 is 1.53 bits per heavy atom. The number of hydrogen-bond acceptors (Lipinski definition) is 5. The number of rotatable bonds is 3. The lowest BCUT2D eigenvalue weighted by Gasteiger charge is -1.94. The molecule has 0 aliphatic rings. The standard InChI is InChI=1S/C8H6N2O5/c11-6-3-1-5(2-4-7(12)13)9-8(6)10(14)15/h1-4,11H,(H,12,13). The van der Waals surface area contributed by atoms with E-state index in [1.165, 1.54) is 6.07 Å². The van der Waals surface area contributed by atoms with Crippen molar-refractivity contribution >= 4 is 17.9 Å². The van der Waals surface area contributed by atoms with Crippen LogP contribution in [-0.4, -0.2) is 26.1 Å². The third-order valence-electron chi connectivity index (χ3n) is 1.45. The molecule has 7 heteroatoms. The van der Waals surface area contributed by atoms with Gasteiger partial charge in [-0.1, -0.05) is 0 Å². The highest BCUT2D eigenvalue weighted by Gasteiger charge is 2.15. The SMILES string of the molecule is O=C(O)C=Cc1ccc(O)c([N+](=O)[O-])n1. The molecule has 0 spiro atoms. The molecule has 1 heterocycles. The molecule has 0 bridgehead atoms. The van der Waals surface area contributed by atoms with Crippen LogP contribution >= 0.6 is 0 Å².